The summed E-state index contributed by atoms with van der Waals surface area (Å²) in [4.78, 5) is 11.0. The molecule has 0 bridgehead atoms. The van der Waals surface area contributed by atoms with Gasteiger partial charge in [0.25, 0.3) is 0 Å². The van der Waals surface area contributed by atoms with Crippen LogP contribution in [-0.4, -0.2) is 12.6 Å². The number of benzene rings is 1. The van der Waals surface area contributed by atoms with Crippen LogP contribution in [0.3, 0.4) is 0 Å². The van der Waals surface area contributed by atoms with Crippen LogP contribution in [0.5, 0.6) is 0 Å². The first-order chi connectivity index (χ1) is 7.63. The number of esters is 1. The van der Waals surface area contributed by atoms with Crippen molar-refractivity contribution in [3.8, 4) is 0 Å². The molecule has 86 valence electrons. The number of hydrogen-bond acceptors (Lipinski definition) is 2. The molecule has 0 spiro atoms. The number of halogens is 2. The third kappa shape index (κ3) is 4.14. The number of hydrogen-bond donors (Lipinski definition) is 0. The molecule has 0 unspecified atom stereocenters. The SMILES string of the molecule is CCOC(=O)/C=C/Cc1ccc(Br)c(F)c1. The molecule has 0 atom stereocenters. The van der Waals surface area contributed by atoms with E-state index in [9.17, 15) is 9.18 Å². The summed E-state index contributed by atoms with van der Waals surface area (Å²) in [6.45, 7) is 2.10. The summed E-state index contributed by atoms with van der Waals surface area (Å²) in [6, 6.07) is 4.87. The van der Waals surface area contributed by atoms with E-state index in [1.807, 2.05) is 0 Å². The Morgan fingerprint density at radius 1 is 1.56 bits per heavy atom. The summed E-state index contributed by atoms with van der Waals surface area (Å²) in [5.41, 5.74) is 0.807. The van der Waals surface area contributed by atoms with E-state index in [0.29, 0.717) is 17.5 Å². The fourth-order valence-corrected chi connectivity index (χ4v) is 1.39. The Labute approximate surface area is 102 Å². The molecule has 1 aromatic carbocycles. The Hall–Kier alpha value is -1.16. The van der Waals surface area contributed by atoms with Crippen LogP contribution in [0.25, 0.3) is 0 Å². The van der Waals surface area contributed by atoms with E-state index in [-0.39, 0.29) is 11.8 Å². The van der Waals surface area contributed by atoms with Crippen LogP contribution in [0, 0.1) is 5.82 Å². The van der Waals surface area contributed by atoms with Gasteiger partial charge in [-0.15, -0.1) is 0 Å². The highest BCUT2D eigenvalue weighted by Gasteiger charge is 1.99. The monoisotopic (exact) mass is 286 g/mol. The van der Waals surface area contributed by atoms with Crippen LogP contribution in [-0.2, 0) is 16.0 Å². The fourth-order valence-electron chi connectivity index (χ4n) is 1.15. The van der Waals surface area contributed by atoms with Crippen molar-refractivity contribution in [3.05, 3.63) is 46.2 Å². The molecule has 4 heteroatoms. The van der Waals surface area contributed by atoms with Gasteiger partial charge in [-0.1, -0.05) is 12.1 Å². The zero-order valence-corrected chi connectivity index (χ0v) is 10.5. The topological polar surface area (TPSA) is 26.3 Å². The molecule has 0 heterocycles. The number of rotatable bonds is 4. The third-order valence-electron chi connectivity index (χ3n) is 1.88. The van der Waals surface area contributed by atoms with E-state index in [0.717, 1.165) is 5.56 Å². The lowest BCUT2D eigenvalue weighted by Crippen LogP contribution is -1.99. The molecule has 0 saturated heterocycles. The summed E-state index contributed by atoms with van der Waals surface area (Å²) in [5, 5.41) is 0. The van der Waals surface area contributed by atoms with E-state index < -0.39 is 0 Å². The summed E-state index contributed by atoms with van der Waals surface area (Å²) >= 11 is 3.07. The first kappa shape index (κ1) is 12.9. The molecule has 16 heavy (non-hydrogen) atoms. The van der Waals surface area contributed by atoms with Gasteiger partial charge >= 0.3 is 5.97 Å². The van der Waals surface area contributed by atoms with Crippen LogP contribution >= 0.6 is 15.9 Å². The Morgan fingerprint density at radius 3 is 2.94 bits per heavy atom. The van der Waals surface area contributed by atoms with Gasteiger partial charge in [0, 0.05) is 6.08 Å². The Morgan fingerprint density at radius 2 is 2.31 bits per heavy atom. The first-order valence-corrected chi connectivity index (χ1v) is 5.70. The van der Waals surface area contributed by atoms with Crippen molar-refractivity contribution in [2.24, 2.45) is 0 Å². The number of carbonyl (C=O) groups excluding carboxylic acids is 1. The summed E-state index contributed by atoms with van der Waals surface area (Å²) in [6.07, 6.45) is 3.51. The smallest absolute Gasteiger partial charge is 0.330 e. The molecule has 0 aliphatic heterocycles. The molecule has 0 amide bonds. The predicted octanol–water partition coefficient (Wildman–Crippen LogP) is 3.25. The normalized spacial score (nSPS) is 10.7. The molecule has 0 saturated carbocycles. The molecule has 0 N–H and O–H groups in total. The van der Waals surface area contributed by atoms with Crippen molar-refractivity contribution in [1.29, 1.82) is 0 Å². The van der Waals surface area contributed by atoms with Crippen molar-refractivity contribution in [2.45, 2.75) is 13.3 Å². The molecular formula is C12H12BrFO2. The molecule has 0 aliphatic carbocycles. The van der Waals surface area contributed by atoms with Gasteiger partial charge in [-0.2, -0.15) is 0 Å². The van der Waals surface area contributed by atoms with Gasteiger partial charge in [-0.25, -0.2) is 9.18 Å². The molecule has 1 aromatic rings. The fraction of sp³-hybridized carbons (Fsp3) is 0.250. The Kier molecular flexibility index (Phi) is 5.19. The lowest BCUT2D eigenvalue weighted by atomic mass is 10.1. The molecule has 0 fully saturated rings. The maximum atomic E-state index is 13.1. The second kappa shape index (κ2) is 6.43. The van der Waals surface area contributed by atoms with E-state index in [1.54, 1.807) is 25.1 Å². The van der Waals surface area contributed by atoms with Gasteiger partial charge in [0.2, 0.25) is 0 Å². The van der Waals surface area contributed by atoms with Crippen molar-refractivity contribution < 1.29 is 13.9 Å². The van der Waals surface area contributed by atoms with Crippen LogP contribution in [0.4, 0.5) is 4.39 Å². The highest BCUT2D eigenvalue weighted by Crippen LogP contribution is 2.16. The Balaban J connectivity index is 2.54. The molecule has 0 aliphatic rings. The van der Waals surface area contributed by atoms with Crippen LogP contribution in [0.2, 0.25) is 0 Å². The second-order valence-corrected chi connectivity index (χ2v) is 3.96. The van der Waals surface area contributed by atoms with Gasteiger partial charge < -0.3 is 4.74 Å². The minimum Gasteiger partial charge on any atom is -0.463 e. The van der Waals surface area contributed by atoms with E-state index in [2.05, 4.69) is 15.9 Å². The van der Waals surface area contributed by atoms with Gasteiger partial charge in [-0.3, -0.25) is 0 Å². The van der Waals surface area contributed by atoms with Gasteiger partial charge in [0.05, 0.1) is 11.1 Å². The second-order valence-electron chi connectivity index (χ2n) is 3.11. The van der Waals surface area contributed by atoms with Gasteiger partial charge in [0.15, 0.2) is 0 Å². The van der Waals surface area contributed by atoms with Crippen molar-refractivity contribution in [2.75, 3.05) is 6.61 Å². The van der Waals surface area contributed by atoms with Crippen LogP contribution < -0.4 is 0 Å². The lowest BCUT2D eigenvalue weighted by Gasteiger charge is -1.99. The van der Waals surface area contributed by atoms with E-state index >= 15 is 0 Å². The quantitative estimate of drug-likeness (QED) is 0.627. The predicted molar refractivity (Wildman–Crippen MR) is 63.6 cm³/mol. The molecular weight excluding hydrogens is 275 g/mol. The van der Waals surface area contributed by atoms with Crippen LogP contribution in [0.15, 0.2) is 34.8 Å². The lowest BCUT2D eigenvalue weighted by molar-refractivity contribution is -0.137. The summed E-state index contributed by atoms with van der Waals surface area (Å²) in [5.74, 6) is -0.679. The van der Waals surface area contributed by atoms with Crippen molar-refractivity contribution in [3.63, 3.8) is 0 Å². The number of carbonyl (C=O) groups is 1. The zero-order valence-electron chi connectivity index (χ0n) is 8.87. The minimum absolute atomic E-state index is 0.304. The first-order valence-electron chi connectivity index (χ1n) is 4.90. The molecule has 0 aromatic heterocycles. The standard InChI is InChI=1S/C12H12BrFO2/c1-2-16-12(15)5-3-4-9-6-7-10(13)11(14)8-9/h3,5-8H,2,4H2,1H3/b5-3+. The third-order valence-corrected chi connectivity index (χ3v) is 2.52. The van der Waals surface area contributed by atoms with Crippen LogP contribution in [0.1, 0.15) is 12.5 Å². The van der Waals surface area contributed by atoms with Crippen molar-refractivity contribution in [1.82, 2.24) is 0 Å². The Bertz CT molecular complexity index is 402. The molecule has 0 radical (unpaired) electrons. The maximum absolute atomic E-state index is 13.1. The number of ether oxygens (including phenoxy) is 1. The average Bonchev–Trinajstić information content (AvgIpc) is 2.24. The van der Waals surface area contributed by atoms with Crippen molar-refractivity contribution >= 4 is 21.9 Å². The minimum atomic E-state index is -0.375. The van der Waals surface area contributed by atoms with Gasteiger partial charge in [-0.05, 0) is 47.0 Å². The largest absolute Gasteiger partial charge is 0.463 e. The molecule has 2 nitrogen and oxygen atoms in total. The zero-order chi connectivity index (χ0) is 12.0. The highest BCUT2D eigenvalue weighted by atomic mass is 79.9. The maximum Gasteiger partial charge on any atom is 0.330 e. The summed E-state index contributed by atoms with van der Waals surface area (Å²) < 4.78 is 18.3. The number of allylic oxidation sites excluding steroid dienone is 1. The van der Waals surface area contributed by atoms with E-state index in [4.69, 9.17) is 4.74 Å². The van der Waals surface area contributed by atoms with Gasteiger partial charge in [0.1, 0.15) is 5.82 Å². The van der Waals surface area contributed by atoms with E-state index in [1.165, 1.54) is 12.1 Å². The molecule has 1 rings (SSSR count). The highest BCUT2D eigenvalue weighted by molar-refractivity contribution is 9.10. The average molecular weight is 287 g/mol. The summed E-state index contributed by atoms with van der Waals surface area (Å²) in [7, 11) is 0.